The van der Waals surface area contributed by atoms with Gasteiger partial charge in [-0.15, -0.1) is 0 Å². The molecule has 5 rings (SSSR count). The maximum absolute atomic E-state index is 14.0. The van der Waals surface area contributed by atoms with Crippen LogP contribution in [-0.4, -0.2) is 28.5 Å². The number of pyridine rings is 1. The predicted octanol–water partition coefficient (Wildman–Crippen LogP) is 5.62. The molecule has 0 radical (unpaired) electrons. The fourth-order valence-corrected chi connectivity index (χ4v) is 5.88. The van der Waals surface area contributed by atoms with Gasteiger partial charge in [0.05, 0.1) is 10.4 Å². The number of hydrogen-bond acceptors (Lipinski definition) is 4. The molecular formula is C28H22N2O4S. The van der Waals surface area contributed by atoms with Gasteiger partial charge in [-0.05, 0) is 47.4 Å². The van der Waals surface area contributed by atoms with E-state index in [-0.39, 0.29) is 17.7 Å². The first-order valence-electron chi connectivity index (χ1n) is 11.1. The van der Waals surface area contributed by atoms with Gasteiger partial charge in [-0.25, -0.2) is 12.4 Å². The molecule has 2 heterocycles. The highest BCUT2D eigenvalue weighted by Crippen LogP contribution is 2.34. The number of rotatable bonds is 7. The van der Waals surface area contributed by atoms with Gasteiger partial charge in [0, 0.05) is 41.5 Å². The highest BCUT2D eigenvalue weighted by Gasteiger charge is 2.25. The number of carbonyl (C=O) groups is 1. The van der Waals surface area contributed by atoms with Gasteiger partial charge in [0.2, 0.25) is 0 Å². The number of fused-ring (bicyclic) bond motifs is 1. The summed E-state index contributed by atoms with van der Waals surface area (Å²) in [5.74, 6) is -0.938. The number of benzene rings is 3. The number of hydrogen-bond donors (Lipinski definition) is 1. The molecule has 1 N–H and O–H groups in total. The first kappa shape index (κ1) is 22.6. The zero-order valence-electron chi connectivity index (χ0n) is 18.7. The van der Waals surface area contributed by atoms with E-state index >= 15 is 0 Å². The molecule has 0 bridgehead atoms. The summed E-state index contributed by atoms with van der Waals surface area (Å²) in [6.07, 6.45) is 5.09. The molecular weight excluding hydrogens is 460 g/mol. The van der Waals surface area contributed by atoms with E-state index in [1.165, 1.54) is 3.97 Å². The van der Waals surface area contributed by atoms with Crippen molar-refractivity contribution in [2.75, 3.05) is 0 Å². The largest absolute Gasteiger partial charge is 0.481 e. The molecule has 0 fully saturated rings. The van der Waals surface area contributed by atoms with Crippen molar-refractivity contribution in [3.63, 3.8) is 0 Å². The van der Waals surface area contributed by atoms with E-state index < -0.39 is 16.0 Å². The lowest BCUT2D eigenvalue weighted by atomic mass is 10.0. The van der Waals surface area contributed by atoms with Gasteiger partial charge >= 0.3 is 5.97 Å². The van der Waals surface area contributed by atoms with Crippen LogP contribution in [-0.2, 0) is 21.2 Å². The van der Waals surface area contributed by atoms with Crippen molar-refractivity contribution in [2.24, 2.45) is 0 Å². The third kappa shape index (κ3) is 4.34. The van der Waals surface area contributed by atoms with Gasteiger partial charge in [0.25, 0.3) is 10.0 Å². The van der Waals surface area contributed by atoms with Crippen LogP contribution in [0, 0.1) is 0 Å². The number of aliphatic carboxylic acids is 1. The van der Waals surface area contributed by atoms with Gasteiger partial charge < -0.3 is 5.11 Å². The highest BCUT2D eigenvalue weighted by atomic mass is 32.2. The summed E-state index contributed by atoms with van der Waals surface area (Å²) in [7, 11) is -3.98. The van der Waals surface area contributed by atoms with Crippen molar-refractivity contribution in [3.05, 3.63) is 109 Å². The van der Waals surface area contributed by atoms with Crippen LogP contribution in [0.5, 0.6) is 0 Å². The van der Waals surface area contributed by atoms with Gasteiger partial charge in [0.15, 0.2) is 0 Å². The molecule has 6 nitrogen and oxygen atoms in total. The van der Waals surface area contributed by atoms with E-state index in [9.17, 15) is 18.3 Å². The molecule has 0 aliphatic rings. The topological polar surface area (TPSA) is 89.3 Å². The smallest absolute Gasteiger partial charge is 0.303 e. The maximum Gasteiger partial charge on any atom is 0.303 e. The van der Waals surface area contributed by atoms with Crippen molar-refractivity contribution < 1.29 is 18.3 Å². The van der Waals surface area contributed by atoms with E-state index in [4.69, 9.17) is 0 Å². The Kier molecular flexibility index (Phi) is 5.93. The molecule has 7 heteroatoms. The Morgan fingerprint density at radius 1 is 0.857 bits per heavy atom. The first-order chi connectivity index (χ1) is 16.9. The minimum Gasteiger partial charge on any atom is -0.481 e. The molecule has 0 spiro atoms. The lowest BCUT2D eigenvalue weighted by Gasteiger charge is -2.13. The van der Waals surface area contributed by atoms with Crippen LogP contribution in [0.15, 0.2) is 108 Å². The molecule has 35 heavy (non-hydrogen) atoms. The van der Waals surface area contributed by atoms with Crippen LogP contribution >= 0.6 is 0 Å². The SMILES string of the molecule is O=C(O)CCc1cn(S(=O)(=O)c2ccccc2-c2ccccc2)c2ccc(-c3cccnc3)cc12. The normalized spacial score (nSPS) is 11.5. The lowest BCUT2D eigenvalue weighted by molar-refractivity contribution is -0.136. The molecule has 2 aromatic heterocycles. The van der Waals surface area contributed by atoms with E-state index in [1.807, 2.05) is 60.7 Å². The fraction of sp³-hybridized carbons (Fsp3) is 0.0714. The van der Waals surface area contributed by atoms with Crippen molar-refractivity contribution in [1.82, 2.24) is 8.96 Å². The Morgan fingerprint density at radius 3 is 2.34 bits per heavy atom. The standard InChI is InChI=1S/C28H22N2O4S/c31-28(32)15-13-23-19-30(26-14-12-21(17-25(23)26)22-9-6-16-29-18-22)35(33,34)27-11-5-4-10-24(27)20-7-2-1-3-8-20/h1-12,14,16-19H,13,15H2,(H,31,32). The molecule has 0 saturated heterocycles. The van der Waals surface area contributed by atoms with Crippen molar-refractivity contribution >= 4 is 26.9 Å². The highest BCUT2D eigenvalue weighted by molar-refractivity contribution is 7.90. The number of aromatic nitrogens is 2. The van der Waals surface area contributed by atoms with E-state index in [2.05, 4.69) is 4.98 Å². The molecule has 5 aromatic rings. The number of carboxylic acids is 1. The number of aryl methyl sites for hydroxylation is 1. The fourth-order valence-electron chi connectivity index (χ4n) is 4.27. The third-order valence-electron chi connectivity index (χ3n) is 5.96. The van der Waals surface area contributed by atoms with Gasteiger partial charge in [-0.2, -0.15) is 0 Å². The zero-order valence-corrected chi connectivity index (χ0v) is 19.5. The van der Waals surface area contributed by atoms with E-state index in [0.717, 1.165) is 16.7 Å². The Labute approximate surface area is 203 Å². The Hall–Kier alpha value is -4.23. The molecule has 0 amide bonds. The van der Waals surface area contributed by atoms with Crippen LogP contribution < -0.4 is 0 Å². The molecule has 0 saturated carbocycles. The maximum atomic E-state index is 14.0. The summed E-state index contributed by atoms with van der Waals surface area (Å²) in [5, 5.41) is 9.96. The quantitative estimate of drug-likeness (QED) is 0.325. The summed E-state index contributed by atoms with van der Waals surface area (Å²) in [4.78, 5) is 15.6. The van der Waals surface area contributed by atoms with Crippen molar-refractivity contribution in [2.45, 2.75) is 17.7 Å². The molecule has 0 aliphatic heterocycles. The van der Waals surface area contributed by atoms with Gasteiger partial charge in [-0.1, -0.05) is 60.7 Å². The van der Waals surface area contributed by atoms with Gasteiger partial charge in [0.1, 0.15) is 0 Å². The average Bonchev–Trinajstić information content (AvgIpc) is 3.27. The summed E-state index contributed by atoms with van der Waals surface area (Å²) in [6.45, 7) is 0. The lowest BCUT2D eigenvalue weighted by Crippen LogP contribution is -2.13. The molecule has 174 valence electrons. The zero-order chi connectivity index (χ0) is 24.4. The van der Waals surface area contributed by atoms with E-state index in [0.29, 0.717) is 22.0 Å². The monoisotopic (exact) mass is 482 g/mol. The summed E-state index contributed by atoms with van der Waals surface area (Å²) in [6, 6.07) is 25.6. The second-order valence-electron chi connectivity index (χ2n) is 8.18. The Bertz CT molecular complexity index is 1630. The van der Waals surface area contributed by atoms with Crippen LogP contribution in [0.25, 0.3) is 33.2 Å². The molecule has 0 unspecified atom stereocenters. The van der Waals surface area contributed by atoms with Crippen molar-refractivity contribution in [3.8, 4) is 22.3 Å². The third-order valence-corrected chi connectivity index (χ3v) is 7.70. The summed E-state index contributed by atoms with van der Waals surface area (Å²) < 4.78 is 29.2. The number of nitrogens with zero attached hydrogens (tertiary/aromatic N) is 2. The molecule has 3 aromatic carbocycles. The van der Waals surface area contributed by atoms with Crippen LogP contribution in [0.4, 0.5) is 0 Å². The predicted molar refractivity (Wildman–Crippen MR) is 136 cm³/mol. The number of carboxylic acid groups (broad SMARTS) is 1. The Morgan fingerprint density at radius 2 is 1.60 bits per heavy atom. The second kappa shape index (κ2) is 9.19. The van der Waals surface area contributed by atoms with Crippen LogP contribution in [0.1, 0.15) is 12.0 Å². The van der Waals surface area contributed by atoms with E-state index in [1.54, 1.807) is 42.9 Å². The average molecular weight is 483 g/mol. The second-order valence-corrected chi connectivity index (χ2v) is 9.97. The van der Waals surface area contributed by atoms with Crippen molar-refractivity contribution in [1.29, 1.82) is 0 Å². The van der Waals surface area contributed by atoms with Crippen LogP contribution in [0.2, 0.25) is 0 Å². The Balaban J connectivity index is 1.70. The molecule has 0 aliphatic carbocycles. The molecule has 0 atom stereocenters. The summed E-state index contributed by atoms with van der Waals surface area (Å²) in [5.41, 5.74) is 4.34. The van der Waals surface area contributed by atoms with Crippen LogP contribution in [0.3, 0.4) is 0 Å². The summed E-state index contributed by atoms with van der Waals surface area (Å²) >= 11 is 0. The minimum absolute atomic E-state index is 0.100. The minimum atomic E-state index is -3.98. The first-order valence-corrected chi connectivity index (χ1v) is 12.6. The van der Waals surface area contributed by atoms with Gasteiger partial charge in [-0.3, -0.25) is 9.78 Å².